The molecular formula is C18H16N4O2. The molecule has 1 N–H and O–H groups in total. The minimum Gasteiger partial charge on any atom is -0.360 e. The SMILES string of the molecule is O=C(NCc1cccnc1-c1ccncc1)c1cc(C2CC2)on1. The van der Waals surface area contributed by atoms with Crippen molar-refractivity contribution in [3.05, 3.63) is 65.9 Å². The number of nitrogens with one attached hydrogen (secondary N) is 1. The van der Waals surface area contributed by atoms with E-state index in [0.29, 0.717) is 18.2 Å². The summed E-state index contributed by atoms with van der Waals surface area (Å²) in [6.07, 6.45) is 7.41. The molecule has 3 heterocycles. The van der Waals surface area contributed by atoms with E-state index in [1.165, 1.54) is 0 Å². The number of nitrogens with zero attached hydrogens (tertiary/aromatic N) is 3. The first-order chi connectivity index (χ1) is 11.8. The highest BCUT2D eigenvalue weighted by Crippen LogP contribution is 2.40. The predicted molar refractivity (Wildman–Crippen MR) is 87.1 cm³/mol. The Morgan fingerprint density at radius 3 is 2.83 bits per heavy atom. The van der Waals surface area contributed by atoms with Gasteiger partial charge in [-0.3, -0.25) is 14.8 Å². The maximum Gasteiger partial charge on any atom is 0.273 e. The Balaban J connectivity index is 1.48. The second-order valence-corrected chi connectivity index (χ2v) is 5.82. The Kier molecular flexibility index (Phi) is 3.78. The summed E-state index contributed by atoms with van der Waals surface area (Å²) < 4.78 is 5.22. The van der Waals surface area contributed by atoms with E-state index in [2.05, 4.69) is 20.4 Å². The zero-order chi connectivity index (χ0) is 16.4. The molecule has 4 rings (SSSR count). The van der Waals surface area contributed by atoms with Gasteiger partial charge < -0.3 is 9.84 Å². The molecule has 120 valence electrons. The molecule has 3 aromatic rings. The van der Waals surface area contributed by atoms with Crippen LogP contribution in [-0.2, 0) is 6.54 Å². The number of pyridine rings is 2. The highest BCUT2D eigenvalue weighted by Gasteiger charge is 2.28. The van der Waals surface area contributed by atoms with E-state index in [-0.39, 0.29) is 5.91 Å². The normalized spacial score (nSPS) is 13.7. The number of amides is 1. The molecule has 3 aromatic heterocycles. The van der Waals surface area contributed by atoms with Crippen LogP contribution in [0.1, 0.15) is 40.6 Å². The first-order valence-corrected chi connectivity index (χ1v) is 7.90. The van der Waals surface area contributed by atoms with Crippen molar-refractivity contribution >= 4 is 5.91 Å². The van der Waals surface area contributed by atoms with Crippen molar-refractivity contribution in [2.24, 2.45) is 0 Å². The fourth-order valence-electron chi connectivity index (χ4n) is 2.57. The van der Waals surface area contributed by atoms with Gasteiger partial charge in [0.05, 0.1) is 5.69 Å². The van der Waals surface area contributed by atoms with Crippen molar-refractivity contribution in [3.63, 3.8) is 0 Å². The third-order valence-electron chi connectivity index (χ3n) is 4.03. The van der Waals surface area contributed by atoms with Gasteiger partial charge in [-0.1, -0.05) is 11.2 Å². The molecule has 6 nitrogen and oxygen atoms in total. The van der Waals surface area contributed by atoms with Gasteiger partial charge in [-0.15, -0.1) is 0 Å². The monoisotopic (exact) mass is 320 g/mol. The number of carbonyl (C=O) groups excluding carboxylic acids is 1. The molecule has 0 radical (unpaired) electrons. The number of rotatable bonds is 5. The predicted octanol–water partition coefficient (Wildman–Crippen LogP) is 2.94. The molecular weight excluding hydrogens is 304 g/mol. The van der Waals surface area contributed by atoms with Crippen LogP contribution in [-0.4, -0.2) is 21.0 Å². The lowest BCUT2D eigenvalue weighted by atomic mass is 10.1. The van der Waals surface area contributed by atoms with Crippen molar-refractivity contribution < 1.29 is 9.32 Å². The van der Waals surface area contributed by atoms with Gasteiger partial charge in [0.25, 0.3) is 5.91 Å². The van der Waals surface area contributed by atoms with Gasteiger partial charge in [0, 0.05) is 42.7 Å². The summed E-state index contributed by atoms with van der Waals surface area (Å²) in [5.74, 6) is 1.00. The minimum atomic E-state index is -0.241. The van der Waals surface area contributed by atoms with Crippen LogP contribution < -0.4 is 5.32 Å². The molecule has 0 saturated heterocycles. The summed E-state index contributed by atoms with van der Waals surface area (Å²) in [4.78, 5) is 20.7. The van der Waals surface area contributed by atoms with E-state index in [9.17, 15) is 4.79 Å². The van der Waals surface area contributed by atoms with E-state index < -0.39 is 0 Å². The molecule has 0 atom stereocenters. The number of hydrogen-bond donors (Lipinski definition) is 1. The molecule has 1 fully saturated rings. The lowest BCUT2D eigenvalue weighted by Crippen LogP contribution is -2.23. The highest BCUT2D eigenvalue weighted by molar-refractivity contribution is 5.92. The lowest BCUT2D eigenvalue weighted by Gasteiger charge is -2.09. The molecule has 0 aromatic carbocycles. The minimum absolute atomic E-state index is 0.241. The molecule has 0 aliphatic heterocycles. The first kappa shape index (κ1) is 14.6. The Labute approximate surface area is 138 Å². The van der Waals surface area contributed by atoms with E-state index in [4.69, 9.17) is 4.52 Å². The van der Waals surface area contributed by atoms with E-state index in [1.54, 1.807) is 24.7 Å². The standard InChI is InChI=1S/C18H16N4O2/c23-18(15-10-16(24-22-15)12-3-4-12)21-11-14-2-1-7-20-17(14)13-5-8-19-9-6-13/h1-2,5-10,12H,3-4,11H2,(H,21,23). The quantitative estimate of drug-likeness (QED) is 0.781. The Hall–Kier alpha value is -3.02. The highest BCUT2D eigenvalue weighted by atomic mass is 16.5. The van der Waals surface area contributed by atoms with Crippen LogP contribution in [0.25, 0.3) is 11.3 Å². The van der Waals surface area contributed by atoms with Crippen LogP contribution in [0, 0.1) is 0 Å². The fraction of sp³-hybridized carbons (Fsp3) is 0.222. The number of hydrogen-bond acceptors (Lipinski definition) is 5. The topological polar surface area (TPSA) is 80.9 Å². The zero-order valence-corrected chi connectivity index (χ0v) is 13.0. The van der Waals surface area contributed by atoms with Gasteiger partial charge in [0.15, 0.2) is 5.69 Å². The smallest absolute Gasteiger partial charge is 0.273 e. The van der Waals surface area contributed by atoms with E-state index in [1.807, 2.05) is 24.3 Å². The van der Waals surface area contributed by atoms with Crippen LogP contribution in [0.5, 0.6) is 0 Å². The molecule has 1 aliphatic rings. The van der Waals surface area contributed by atoms with Crippen LogP contribution in [0.3, 0.4) is 0 Å². The summed E-state index contributed by atoms with van der Waals surface area (Å²) in [5, 5.41) is 6.74. The summed E-state index contributed by atoms with van der Waals surface area (Å²) >= 11 is 0. The van der Waals surface area contributed by atoms with E-state index >= 15 is 0 Å². The second kappa shape index (κ2) is 6.23. The summed E-state index contributed by atoms with van der Waals surface area (Å²) in [5.41, 5.74) is 3.06. The van der Waals surface area contributed by atoms with Crippen molar-refractivity contribution in [2.45, 2.75) is 25.3 Å². The van der Waals surface area contributed by atoms with Crippen LogP contribution >= 0.6 is 0 Å². The summed E-state index contributed by atoms with van der Waals surface area (Å²) in [7, 11) is 0. The molecule has 1 amide bonds. The Bertz CT molecular complexity index is 856. The maximum atomic E-state index is 12.3. The zero-order valence-electron chi connectivity index (χ0n) is 13.0. The number of carbonyl (C=O) groups is 1. The molecule has 1 saturated carbocycles. The summed E-state index contributed by atoms with van der Waals surface area (Å²) in [6, 6.07) is 9.33. The molecule has 24 heavy (non-hydrogen) atoms. The van der Waals surface area contributed by atoms with Crippen molar-refractivity contribution in [3.8, 4) is 11.3 Å². The molecule has 0 bridgehead atoms. The third-order valence-corrected chi connectivity index (χ3v) is 4.03. The van der Waals surface area contributed by atoms with Gasteiger partial charge in [0.1, 0.15) is 5.76 Å². The average molecular weight is 320 g/mol. The Morgan fingerprint density at radius 1 is 1.21 bits per heavy atom. The van der Waals surface area contributed by atoms with Gasteiger partial charge in [-0.2, -0.15) is 0 Å². The van der Waals surface area contributed by atoms with Crippen molar-refractivity contribution in [1.29, 1.82) is 0 Å². The molecule has 1 aliphatic carbocycles. The van der Waals surface area contributed by atoms with Crippen molar-refractivity contribution in [2.75, 3.05) is 0 Å². The van der Waals surface area contributed by atoms with Gasteiger partial charge >= 0.3 is 0 Å². The Morgan fingerprint density at radius 2 is 2.04 bits per heavy atom. The molecule has 0 spiro atoms. The lowest BCUT2D eigenvalue weighted by molar-refractivity contribution is 0.0942. The number of aromatic nitrogens is 3. The van der Waals surface area contributed by atoms with Gasteiger partial charge in [0.2, 0.25) is 0 Å². The molecule has 6 heteroatoms. The largest absolute Gasteiger partial charge is 0.360 e. The van der Waals surface area contributed by atoms with Gasteiger partial charge in [-0.25, -0.2) is 0 Å². The van der Waals surface area contributed by atoms with Crippen LogP contribution in [0.2, 0.25) is 0 Å². The van der Waals surface area contributed by atoms with Crippen LogP contribution in [0.4, 0.5) is 0 Å². The summed E-state index contributed by atoms with van der Waals surface area (Å²) in [6.45, 7) is 0.371. The van der Waals surface area contributed by atoms with Gasteiger partial charge in [-0.05, 0) is 36.6 Å². The second-order valence-electron chi connectivity index (χ2n) is 5.82. The molecule has 0 unspecified atom stereocenters. The van der Waals surface area contributed by atoms with E-state index in [0.717, 1.165) is 35.4 Å². The average Bonchev–Trinajstić information content (AvgIpc) is 3.37. The fourth-order valence-corrected chi connectivity index (χ4v) is 2.57. The third kappa shape index (κ3) is 3.03. The maximum absolute atomic E-state index is 12.3. The first-order valence-electron chi connectivity index (χ1n) is 7.90. The van der Waals surface area contributed by atoms with Crippen molar-refractivity contribution in [1.82, 2.24) is 20.4 Å². The van der Waals surface area contributed by atoms with Crippen LogP contribution in [0.15, 0.2) is 53.4 Å².